The molecule has 1 N–H and O–H groups in total. The molecule has 0 unspecified atom stereocenters. The van der Waals surface area contributed by atoms with E-state index in [0.717, 1.165) is 4.90 Å². The highest BCUT2D eigenvalue weighted by atomic mass is 35.5. The molecule has 1 aromatic heterocycles. The van der Waals surface area contributed by atoms with Gasteiger partial charge in [0.05, 0.1) is 0 Å². The summed E-state index contributed by atoms with van der Waals surface area (Å²) in [6, 6.07) is 0. The number of anilines is 2. The van der Waals surface area contributed by atoms with Crippen molar-refractivity contribution in [2.75, 3.05) is 36.4 Å². The van der Waals surface area contributed by atoms with Gasteiger partial charge in [0.1, 0.15) is 6.54 Å². The molecule has 0 saturated carbocycles. The third kappa shape index (κ3) is 4.72. The SMILES string of the molecule is CCNc1nc(Cl)nc(N(C#N)CC(=O)N(CC)CC)n1. The molecule has 0 saturated heterocycles. The molecule has 9 heteroatoms. The number of carbonyl (C=O) groups is 1. The smallest absolute Gasteiger partial charge is 0.245 e. The van der Waals surface area contributed by atoms with E-state index < -0.39 is 0 Å². The van der Waals surface area contributed by atoms with Crippen molar-refractivity contribution in [1.29, 1.82) is 5.26 Å². The molecule has 0 spiro atoms. The molecule has 1 amide bonds. The first kappa shape index (κ1) is 16.9. The average Bonchev–Trinajstić information content (AvgIpc) is 2.45. The van der Waals surface area contributed by atoms with Crippen molar-refractivity contribution in [3.8, 4) is 6.19 Å². The summed E-state index contributed by atoms with van der Waals surface area (Å²) in [4.78, 5) is 26.6. The molecule has 0 aromatic carbocycles. The van der Waals surface area contributed by atoms with Gasteiger partial charge in [-0.15, -0.1) is 0 Å². The first-order valence-corrected chi connectivity index (χ1v) is 7.03. The van der Waals surface area contributed by atoms with E-state index >= 15 is 0 Å². The lowest BCUT2D eigenvalue weighted by atomic mass is 10.4. The highest BCUT2D eigenvalue weighted by molar-refractivity contribution is 6.28. The van der Waals surface area contributed by atoms with Crippen LogP contribution in [0.2, 0.25) is 5.28 Å². The first-order chi connectivity index (χ1) is 10.0. The van der Waals surface area contributed by atoms with Crippen LogP contribution in [-0.2, 0) is 4.79 Å². The van der Waals surface area contributed by atoms with Gasteiger partial charge in [-0.05, 0) is 32.4 Å². The number of nitriles is 1. The fourth-order valence-electron chi connectivity index (χ4n) is 1.66. The average molecular weight is 312 g/mol. The van der Waals surface area contributed by atoms with Crippen LogP contribution in [-0.4, -0.2) is 51.9 Å². The van der Waals surface area contributed by atoms with Crippen molar-refractivity contribution in [2.24, 2.45) is 0 Å². The predicted octanol–water partition coefficient (Wildman–Crippen LogP) is 1.11. The third-order valence-electron chi connectivity index (χ3n) is 2.70. The Bertz CT molecular complexity index is 527. The van der Waals surface area contributed by atoms with Gasteiger partial charge in [-0.3, -0.25) is 4.79 Å². The topological polar surface area (TPSA) is 98.0 Å². The summed E-state index contributed by atoms with van der Waals surface area (Å²) in [5, 5.41) is 12.1. The van der Waals surface area contributed by atoms with E-state index in [1.54, 1.807) is 4.90 Å². The number of nitrogens with one attached hydrogen (secondary N) is 1. The van der Waals surface area contributed by atoms with Crippen LogP contribution in [0.4, 0.5) is 11.9 Å². The Morgan fingerprint density at radius 1 is 1.29 bits per heavy atom. The molecule has 0 fully saturated rings. The summed E-state index contributed by atoms with van der Waals surface area (Å²) in [5.74, 6) is 0.139. The maximum absolute atomic E-state index is 12.1. The van der Waals surface area contributed by atoms with Gasteiger partial charge in [0.25, 0.3) is 0 Å². The van der Waals surface area contributed by atoms with Gasteiger partial charge in [-0.2, -0.15) is 20.2 Å². The molecule has 8 nitrogen and oxygen atoms in total. The second kappa shape index (κ2) is 8.21. The molecule has 0 atom stereocenters. The number of rotatable bonds is 7. The Morgan fingerprint density at radius 2 is 1.95 bits per heavy atom. The lowest BCUT2D eigenvalue weighted by molar-refractivity contribution is -0.129. The minimum absolute atomic E-state index is 0.0357. The monoisotopic (exact) mass is 311 g/mol. The molecule has 0 bridgehead atoms. The highest BCUT2D eigenvalue weighted by Gasteiger charge is 2.19. The quantitative estimate of drug-likeness (QED) is 0.595. The van der Waals surface area contributed by atoms with E-state index in [4.69, 9.17) is 11.6 Å². The summed E-state index contributed by atoms with van der Waals surface area (Å²) in [6.07, 6.45) is 1.90. The minimum Gasteiger partial charge on any atom is -0.354 e. The van der Waals surface area contributed by atoms with Gasteiger partial charge in [-0.25, -0.2) is 4.90 Å². The first-order valence-electron chi connectivity index (χ1n) is 6.66. The summed E-state index contributed by atoms with van der Waals surface area (Å²) in [6.45, 7) is 7.25. The number of likely N-dealkylation sites (N-methyl/N-ethyl adjacent to an activating group) is 1. The third-order valence-corrected chi connectivity index (χ3v) is 2.87. The summed E-state index contributed by atoms with van der Waals surface area (Å²) < 4.78 is 0. The van der Waals surface area contributed by atoms with Crippen molar-refractivity contribution < 1.29 is 4.79 Å². The Kier molecular flexibility index (Phi) is 6.62. The second-order valence-corrected chi connectivity index (χ2v) is 4.35. The zero-order valence-corrected chi connectivity index (χ0v) is 13.1. The van der Waals surface area contributed by atoms with Crippen LogP contribution in [0.15, 0.2) is 0 Å². The van der Waals surface area contributed by atoms with Crippen molar-refractivity contribution in [1.82, 2.24) is 19.9 Å². The number of hydrogen-bond donors (Lipinski definition) is 1. The van der Waals surface area contributed by atoms with E-state index in [1.165, 1.54) is 0 Å². The summed E-state index contributed by atoms with van der Waals surface area (Å²) in [7, 11) is 0. The van der Waals surface area contributed by atoms with Crippen LogP contribution in [0.5, 0.6) is 0 Å². The van der Waals surface area contributed by atoms with Crippen molar-refractivity contribution in [3.05, 3.63) is 5.28 Å². The van der Waals surface area contributed by atoms with E-state index in [0.29, 0.717) is 19.6 Å². The van der Waals surface area contributed by atoms with E-state index in [9.17, 15) is 10.1 Å². The van der Waals surface area contributed by atoms with Gasteiger partial charge < -0.3 is 10.2 Å². The molecular weight excluding hydrogens is 294 g/mol. The van der Waals surface area contributed by atoms with Gasteiger partial charge >= 0.3 is 0 Å². The minimum atomic E-state index is -0.178. The van der Waals surface area contributed by atoms with Crippen LogP contribution in [0, 0.1) is 11.5 Å². The lowest BCUT2D eigenvalue weighted by Crippen LogP contribution is -2.39. The van der Waals surface area contributed by atoms with Crippen LogP contribution in [0.3, 0.4) is 0 Å². The normalized spacial score (nSPS) is 9.86. The zero-order chi connectivity index (χ0) is 15.8. The molecule has 0 radical (unpaired) electrons. The zero-order valence-electron chi connectivity index (χ0n) is 12.3. The number of carbonyl (C=O) groups excluding carboxylic acids is 1. The van der Waals surface area contributed by atoms with E-state index in [1.807, 2.05) is 27.0 Å². The molecule has 1 rings (SSSR count). The van der Waals surface area contributed by atoms with Crippen LogP contribution >= 0.6 is 11.6 Å². The highest BCUT2D eigenvalue weighted by Crippen LogP contribution is 2.13. The van der Waals surface area contributed by atoms with E-state index in [-0.39, 0.29) is 29.6 Å². The number of aromatic nitrogens is 3. The molecule has 0 aliphatic carbocycles. The predicted molar refractivity (Wildman–Crippen MR) is 79.9 cm³/mol. The molecule has 0 aliphatic rings. The molecule has 0 aliphatic heterocycles. The largest absolute Gasteiger partial charge is 0.354 e. The molecule has 1 aromatic rings. The number of hydrogen-bond acceptors (Lipinski definition) is 7. The van der Waals surface area contributed by atoms with Crippen molar-refractivity contribution in [2.45, 2.75) is 20.8 Å². The van der Waals surface area contributed by atoms with E-state index in [2.05, 4.69) is 20.3 Å². The molecule has 1 heterocycles. The number of amides is 1. The Balaban J connectivity index is 2.95. The summed E-state index contributed by atoms with van der Waals surface area (Å²) >= 11 is 5.81. The van der Waals surface area contributed by atoms with Crippen LogP contribution in [0.1, 0.15) is 20.8 Å². The summed E-state index contributed by atoms with van der Waals surface area (Å²) in [5.41, 5.74) is 0. The Morgan fingerprint density at radius 3 is 2.48 bits per heavy atom. The maximum Gasteiger partial charge on any atom is 0.245 e. The van der Waals surface area contributed by atoms with Crippen LogP contribution in [0.25, 0.3) is 0 Å². The standard InChI is InChI=1S/C12H18ClN7O/c1-4-15-11-16-10(13)17-12(18-11)20(8-14)7-9(21)19(5-2)6-3/h4-7H2,1-3H3,(H,15,16,17,18). The molecular formula is C12H18ClN7O. The lowest BCUT2D eigenvalue weighted by Gasteiger charge is -2.21. The van der Waals surface area contributed by atoms with Gasteiger partial charge in [0.15, 0.2) is 6.19 Å². The molecule has 21 heavy (non-hydrogen) atoms. The Hall–Kier alpha value is -2.14. The van der Waals surface area contributed by atoms with Gasteiger partial charge in [0.2, 0.25) is 23.1 Å². The Labute approximate surface area is 128 Å². The number of halogens is 1. The van der Waals surface area contributed by atoms with Crippen LogP contribution < -0.4 is 10.2 Å². The second-order valence-electron chi connectivity index (χ2n) is 4.01. The number of nitrogens with zero attached hydrogens (tertiary/aromatic N) is 6. The molecule has 114 valence electrons. The van der Waals surface area contributed by atoms with Crippen molar-refractivity contribution in [3.63, 3.8) is 0 Å². The fraction of sp³-hybridized carbons (Fsp3) is 0.583. The van der Waals surface area contributed by atoms with Gasteiger partial charge in [0, 0.05) is 19.6 Å². The maximum atomic E-state index is 12.1. The van der Waals surface area contributed by atoms with Crippen molar-refractivity contribution >= 4 is 29.4 Å². The fourth-order valence-corrected chi connectivity index (χ4v) is 1.82. The van der Waals surface area contributed by atoms with Gasteiger partial charge in [-0.1, -0.05) is 0 Å².